The standard InChI is InChI=1S/C26H48O4/c1-5-19-23(3)29-25(27)21-17-15-13-11-9-7-8-10-12-14-16-18-22-26(28)30-24(4)20-6-2/h11,13,23-24H,5-10,12,14-22H2,1-4H3/b13-11+. The number of esters is 2. The Morgan fingerprint density at radius 2 is 1.03 bits per heavy atom. The van der Waals surface area contributed by atoms with Crippen LogP contribution in [0.5, 0.6) is 0 Å². The summed E-state index contributed by atoms with van der Waals surface area (Å²) in [5.41, 5.74) is 0. The van der Waals surface area contributed by atoms with Crippen molar-refractivity contribution < 1.29 is 19.1 Å². The molecule has 30 heavy (non-hydrogen) atoms. The molecule has 0 aliphatic carbocycles. The molecule has 176 valence electrons. The van der Waals surface area contributed by atoms with Gasteiger partial charge in [0.1, 0.15) is 0 Å². The number of unbranched alkanes of at least 4 members (excludes halogenated alkanes) is 8. The summed E-state index contributed by atoms with van der Waals surface area (Å²) in [7, 11) is 0. The van der Waals surface area contributed by atoms with Crippen LogP contribution in [0.15, 0.2) is 12.2 Å². The lowest BCUT2D eigenvalue weighted by atomic mass is 10.1. The van der Waals surface area contributed by atoms with Crippen LogP contribution < -0.4 is 0 Å². The van der Waals surface area contributed by atoms with E-state index >= 15 is 0 Å². The largest absolute Gasteiger partial charge is 0.463 e. The Bertz CT molecular complexity index is 444. The minimum Gasteiger partial charge on any atom is -0.463 e. The minimum atomic E-state index is -0.0627. The molecule has 0 bridgehead atoms. The average Bonchev–Trinajstić information content (AvgIpc) is 2.68. The van der Waals surface area contributed by atoms with Gasteiger partial charge < -0.3 is 9.47 Å². The highest BCUT2D eigenvalue weighted by molar-refractivity contribution is 5.69. The van der Waals surface area contributed by atoms with Crippen molar-refractivity contribution in [2.45, 2.75) is 143 Å². The summed E-state index contributed by atoms with van der Waals surface area (Å²) in [4.78, 5) is 23.3. The number of hydrogen-bond acceptors (Lipinski definition) is 4. The van der Waals surface area contributed by atoms with Gasteiger partial charge in [0.15, 0.2) is 0 Å². The van der Waals surface area contributed by atoms with Crippen LogP contribution in [0.4, 0.5) is 0 Å². The van der Waals surface area contributed by atoms with Crippen molar-refractivity contribution in [2.75, 3.05) is 0 Å². The van der Waals surface area contributed by atoms with E-state index < -0.39 is 0 Å². The summed E-state index contributed by atoms with van der Waals surface area (Å²) >= 11 is 0. The van der Waals surface area contributed by atoms with Gasteiger partial charge in [0.25, 0.3) is 0 Å². The highest BCUT2D eigenvalue weighted by Gasteiger charge is 2.08. The molecule has 0 saturated carbocycles. The summed E-state index contributed by atoms with van der Waals surface area (Å²) < 4.78 is 10.7. The first-order chi connectivity index (χ1) is 14.5. The second kappa shape index (κ2) is 20.9. The van der Waals surface area contributed by atoms with Crippen LogP contribution in [0.25, 0.3) is 0 Å². The lowest BCUT2D eigenvalue weighted by Crippen LogP contribution is -2.14. The first kappa shape index (κ1) is 28.7. The highest BCUT2D eigenvalue weighted by atomic mass is 16.5. The smallest absolute Gasteiger partial charge is 0.306 e. The molecule has 0 rings (SSSR count). The highest BCUT2D eigenvalue weighted by Crippen LogP contribution is 2.12. The van der Waals surface area contributed by atoms with Gasteiger partial charge in [-0.3, -0.25) is 9.59 Å². The van der Waals surface area contributed by atoms with E-state index in [-0.39, 0.29) is 24.1 Å². The van der Waals surface area contributed by atoms with Crippen molar-refractivity contribution in [1.29, 1.82) is 0 Å². The molecule has 0 spiro atoms. The van der Waals surface area contributed by atoms with Crippen LogP contribution in [-0.4, -0.2) is 24.1 Å². The number of carbonyl (C=O) groups excluding carboxylic acids is 2. The van der Waals surface area contributed by atoms with E-state index in [9.17, 15) is 9.59 Å². The van der Waals surface area contributed by atoms with Crippen LogP contribution in [-0.2, 0) is 19.1 Å². The zero-order chi connectivity index (χ0) is 22.5. The maximum atomic E-state index is 11.7. The van der Waals surface area contributed by atoms with E-state index in [0.29, 0.717) is 12.8 Å². The van der Waals surface area contributed by atoms with Crippen LogP contribution in [0, 0.1) is 0 Å². The maximum Gasteiger partial charge on any atom is 0.306 e. The molecular weight excluding hydrogens is 376 g/mol. The SMILES string of the molecule is CCCC(C)OC(=O)CCC/C=C/CCCCCCCCCC(=O)OC(C)CCC. The predicted octanol–water partition coefficient (Wildman–Crippen LogP) is 7.69. The summed E-state index contributed by atoms with van der Waals surface area (Å²) in [6, 6.07) is 0. The van der Waals surface area contributed by atoms with Crippen molar-refractivity contribution in [3.8, 4) is 0 Å². The minimum absolute atomic E-state index is 0.0364. The Morgan fingerprint density at radius 1 is 0.633 bits per heavy atom. The van der Waals surface area contributed by atoms with E-state index in [2.05, 4.69) is 26.0 Å². The quantitative estimate of drug-likeness (QED) is 0.114. The lowest BCUT2D eigenvalue weighted by Gasteiger charge is -2.11. The first-order valence-corrected chi connectivity index (χ1v) is 12.5. The number of carbonyl (C=O) groups is 2. The monoisotopic (exact) mass is 424 g/mol. The molecule has 0 aromatic rings. The van der Waals surface area contributed by atoms with E-state index in [1.54, 1.807) is 0 Å². The van der Waals surface area contributed by atoms with Crippen LogP contribution >= 0.6 is 0 Å². The molecule has 0 amide bonds. The van der Waals surface area contributed by atoms with Gasteiger partial charge in [-0.25, -0.2) is 0 Å². The summed E-state index contributed by atoms with van der Waals surface area (Å²) in [6.07, 6.45) is 20.9. The second-order valence-corrected chi connectivity index (χ2v) is 8.56. The molecule has 2 unspecified atom stereocenters. The third kappa shape index (κ3) is 20.0. The fourth-order valence-corrected chi connectivity index (χ4v) is 3.51. The topological polar surface area (TPSA) is 52.6 Å². The Balaban J connectivity index is 3.37. The van der Waals surface area contributed by atoms with E-state index in [1.165, 1.54) is 32.1 Å². The van der Waals surface area contributed by atoms with Crippen molar-refractivity contribution in [3.05, 3.63) is 12.2 Å². The van der Waals surface area contributed by atoms with E-state index in [0.717, 1.165) is 57.8 Å². The van der Waals surface area contributed by atoms with Crippen LogP contribution in [0.1, 0.15) is 130 Å². The molecule has 4 heteroatoms. The van der Waals surface area contributed by atoms with Gasteiger partial charge in [-0.05, 0) is 58.8 Å². The number of ether oxygens (including phenoxy) is 2. The Labute approximate surface area is 186 Å². The summed E-state index contributed by atoms with van der Waals surface area (Å²) in [6.45, 7) is 8.15. The van der Waals surface area contributed by atoms with Crippen LogP contribution in [0.3, 0.4) is 0 Å². The molecular formula is C26H48O4. The van der Waals surface area contributed by atoms with Gasteiger partial charge in [0.05, 0.1) is 12.2 Å². The summed E-state index contributed by atoms with van der Waals surface area (Å²) in [5.74, 6) is -0.0991. The van der Waals surface area contributed by atoms with Crippen molar-refractivity contribution in [3.63, 3.8) is 0 Å². The fraction of sp³-hybridized carbons (Fsp3) is 0.846. The van der Waals surface area contributed by atoms with Gasteiger partial charge in [-0.15, -0.1) is 0 Å². The predicted molar refractivity (Wildman–Crippen MR) is 125 cm³/mol. The second-order valence-electron chi connectivity index (χ2n) is 8.56. The molecule has 4 nitrogen and oxygen atoms in total. The van der Waals surface area contributed by atoms with Gasteiger partial charge in [-0.1, -0.05) is 70.9 Å². The average molecular weight is 425 g/mol. The molecule has 0 aliphatic rings. The fourth-order valence-electron chi connectivity index (χ4n) is 3.51. The molecule has 0 fully saturated rings. The molecule has 0 N–H and O–H groups in total. The van der Waals surface area contributed by atoms with Gasteiger partial charge in [0.2, 0.25) is 0 Å². The van der Waals surface area contributed by atoms with E-state index in [1.807, 2.05) is 13.8 Å². The van der Waals surface area contributed by atoms with Crippen molar-refractivity contribution in [1.82, 2.24) is 0 Å². The lowest BCUT2D eigenvalue weighted by molar-refractivity contribution is -0.149. The normalized spacial score (nSPS) is 13.3. The molecule has 0 heterocycles. The zero-order valence-electron chi connectivity index (χ0n) is 20.3. The van der Waals surface area contributed by atoms with Gasteiger partial charge in [0, 0.05) is 12.8 Å². The number of allylic oxidation sites excluding steroid dienone is 2. The third-order valence-electron chi connectivity index (χ3n) is 5.23. The molecule has 2 atom stereocenters. The van der Waals surface area contributed by atoms with Gasteiger partial charge >= 0.3 is 11.9 Å². The summed E-state index contributed by atoms with van der Waals surface area (Å²) in [5, 5.41) is 0. The number of rotatable bonds is 20. The number of hydrogen-bond donors (Lipinski definition) is 0. The molecule has 0 aliphatic heterocycles. The van der Waals surface area contributed by atoms with Gasteiger partial charge in [-0.2, -0.15) is 0 Å². The Kier molecular flexibility index (Phi) is 20.0. The Hall–Kier alpha value is -1.32. The third-order valence-corrected chi connectivity index (χ3v) is 5.23. The Morgan fingerprint density at radius 3 is 1.53 bits per heavy atom. The molecule has 0 aromatic heterocycles. The van der Waals surface area contributed by atoms with Crippen LogP contribution in [0.2, 0.25) is 0 Å². The molecule has 0 aromatic carbocycles. The maximum absolute atomic E-state index is 11.7. The van der Waals surface area contributed by atoms with Crippen molar-refractivity contribution in [2.24, 2.45) is 0 Å². The zero-order valence-corrected chi connectivity index (χ0v) is 20.3. The molecule has 0 saturated heterocycles. The molecule has 0 radical (unpaired) electrons. The first-order valence-electron chi connectivity index (χ1n) is 12.5. The van der Waals surface area contributed by atoms with E-state index in [4.69, 9.17) is 9.47 Å². The van der Waals surface area contributed by atoms with Crippen molar-refractivity contribution >= 4 is 11.9 Å².